The molecule has 5 nitrogen and oxygen atoms in total. The van der Waals surface area contributed by atoms with E-state index in [4.69, 9.17) is 0 Å². The molecule has 0 bridgehead atoms. The first-order valence-corrected chi connectivity index (χ1v) is 7.09. The van der Waals surface area contributed by atoms with Gasteiger partial charge in [-0.05, 0) is 36.0 Å². The van der Waals surface area contributed by atoms with Gasteiger partial charge in [-0.3, -0.25) is 0 Å². The minimum absolute atomic E-state index is 0.153. The lowest BCUT2D eigenvalue weighted by atomic mass is 9.85. The maximum absolute atomic E-state index is 11.6. The molecule has 1 aliphatic heterocycles. The monoisotopic (exact) mass is 291 g/mol. The van der Waals surface area contributed by atoms with E-state index < -0.39 is 18.0 Å². The van der Waals surface area contributed by atoms with Crippen LogP contribution in [0, 0.1) is 0 Å². The summed E-state index contributed by atoms with van der Waals surface area (Å²) in [5, 5.41) is 18.7. The number of nitrogens with zero attached hydrogens (tertiary/aromatic N) is 1. The molecule has 0 saturated carbocycles. The highest BCUT2D eigenvalue weighted by Gasteiger charge is 2.33. The van der Waals surface area contributed by atoms with Crippen molar-refractivity contribution in [2.24, 2.45) is 0 Å². The Morgan fingerprint density at radius 2 is 1.90 bits per heavy atom. The largest absolute Gasteiger partial charge is 0.480 e. The highest BCUT2D eigenvalue weighted by molar-refractivity contribution is 5.96. The van der Waals surface area contributed by atoms with E-state index in [0.717, 1.165) is 12.0 Å². The van der Waals surface area contributed by atoms with Gasteiger partial charge in [-0.2, -0.15) is 0 Å². The quantitative estimate of drug-likeness (QED) is 0.895. The number of rotatable bonds is 3. The number of hydrogen-bond donors (Lipinski definition) is 2. The SMILES string of the molecule is CC(C)(C)c1ccc(N2CCC[C@@H]2C(=O)O)c(C(=O)O)c1. The van der Waals surface area contributed by atoms with Crippen LogP contribution >= 0.6 is 0 Å². The molecule has 1 atom stereocenters. The molecule has 1 heterocycles. The first-order chi connectivity index (χ1) is 9.71. The van der Waals surface area contributed by atoms with E-state index in [2.05, 4.69) is 0 Å². The third kappa shape index (κ3) is 3.01. The molecule has 2 N–H and O–H groups in total. The summed E-state index contributed by atoms with van der Waals surface area (Å²) in [7, 11) is 0. The molecule has 0 unspecified atom stereocenters. The van der Waals surface area contributed by atoms with E-state index in [1.165, 1.54) is 0 Å². The Morgan fingerprint density at radius 3 is 2.43 bits per heavy atom. The van der Waals surface area contributed by atoms with Crippen LogP contribution < -0.4 is 4.90 Å². The van der Waals surface area contributed by atoms with Crippen molar-refractivity contribution in [3.63, 3.8) is 0 Å². The van der Waals surface area contributed by atoms with Gasteiger partial charge in [-0.25, -0.2) is 9.59 Å². The lowest BCUT2D eigenvalue weighted by Gasteiger charge is -2.27. The molecule has 1 saturated heterocycles. The average molecular weight is 291 g/mol. The Bertz CT molecular complexity index is 574. The smallest absolute Gasteiger partial charge is 0.337 e. The normalized spacial score (nSPS) is 18.8. The van der Waals surface area contributed by atoms with Crippen LogP contribution in [-0.4, -0.2) is 34.7 Å². The Morgan fingerprint density at radius 1 is 1.24 bits per heavy atom. The van der Waals surface area contributed by atoms with Crippen molar-refractivity contribution in [3.8, 4) is 0 Å². The minimum Gasteiger partial charge on any atom is -0.480 e. The van der Waals surface area contributed by atoms with Crippen LogP contribution in [0.3, 0.4) is 0 Å². The molecule has 2 rings (SSSR count). The highest BCUT2D eigenvalue weighted by atomic mass is 16.4. The van der Waals surface area contributed by atoms with Gasteiger partial charge in [0, 0.05) is 6.54 Å². The van der Waals surface area contributed by atoms with Crippen molar-refractivity contribution in [2.75, 3.05) is 11.4 Å². The van der Waals surface area contributed by atoms with Gasteiger partial charge in [-0.15, -0.1) is 0 Å². The number of anilines is 1. The standard InChI is InChI=1S/C16H21NO4/c1-16(2,3)10-6-7-12(11(9-10)14(18)19)17-8-4-5-13(17)15(20)21/h6-7,9,13H,4-5,8H2,1-3H3,(H,18,19)(H,20,21)/t13-/m1/s1. The Labute approximate surface area is 124 Å². The molecule has 0 spiro atoms. The van der Waals surface area contributed by atoms with Crippen LogP contribution in [0.5, 0.6) is 0 Å². The molecule has 1 aromatic rings. The molecule has 1 aromatic carbocycles. The van der Waals surface area contributed by atoms with Crippen LogP contribution in [0.25, 0.3) is 0 Å². The third-order valence-electron chi connectivity index (χ3n) is 3.94. The topological polar surface area (TPSA) is 77.8 Å². The average Bonchev–Trinajstić information content (AvgIpc) is 2.85. The van der Waals surface area contributed by atoms with E-state index in [1.54, 1.807) is 17.0 Å². The summed E-state index contributed by atoms with van der Waals surface area (Å²) in [6.45, 7) is 6.63. The molecule has 1 aliphatic rings. The van der Waals surface area contributed by atoms with Crippen molar-refractivity contribution in [1.29, 1.82) is 0 Å². The molecular formula is C16H21NO4. The number of aliphatic carboxylic acids is 1. The maximum Gasteiger partial charge on any atom is 0.337 e. The van der Waals surface area contributed by atoms with Crippen LogP contribution in [0.4, 0.5) is 5.69 Å². The van der Waals surface area contributed by atoms with E-state index in [0.29, 0.717) is 18.7 Å². The van der Waals surface area contributed by atoms with E-state index in [9.17, 15) is 19.8 Å². The first kappa shape index (κ1) is 15.4. The zero-order chi connectivity index (χ0) is 15.8. The Kier molecular flexibility index (Phi) is 3.94. The summed E-state index contributed by atoms with van der Waals surface area (Å²) >= 11 is 0. The molecule has 5 heteroatoms. The summed E-state index contributed by atoms with van der Waals surface area (Å²) < 4.78 is 0. The molecule has 0 radical (unpaired) electrons. The highest BCUT2D eigenvalue weighted by Crippen LogP contribution is 2.32. The summed E-state index contributed by atoms with van der Waals surface area (Å²) in [4.78, 5) is 24.6. The van der Waals surface area contributed by atoms with Crippen LogP contribution in [0.15, 0.2) is 18.2 Å². The first-order valence-electron chi connectivity index (χ1n) is 7.09. The number of carboxylic acid groups (broad SMARTS) is 2. The number of hydrogen-bond acceptors (Lipinski definition) is 3. The zero-order valence-electron chi connectivity index (χ0n) is 12.6. The number of benzene rings is 1. The summed E-state index contributed by atoms with van der Waals surface area (Å²) in [5.74, 6) is -1.92. The fraction of sp³-hybridized carbons (Fsp3) is 0.500. The van der Waals surface area contributed by atoms with E-state index in [1.807, 2.05) is 26.8 Å². The second-order valence-corrected chi connectivity index (χ2v) is 6.48. The van der Waals surface area contributed by atoms with E-state index >= 15 is 0 Å². The molecule has 1 fully saturated rings. The van der Waals surface area contributed by atoms with Crippen molar-refractivity contribution >= 4 is 17.6 Å². The van der Waals surface area contributed by atoms with Crippen LogP contribution in [0.2, 0.25) is 0 Å². The van der Waals surface area contributed by atoms with Gasteiger partial charge >= 0.3 is 11.9 Å². The van der Waals surface area contributed by atoms with Crippen LogP contribution in [0.1, 0.15) is 49.5 Å². The van der Waals surface area contributed by atoms with Gasteiger partial charge in [0.2, 0.25) is 0 Å². The summed E-state index contributed by atoms with van der Waals surface area (Å²) in [5.41, 5.74) is 1.45. The lowest BCUT2D eigenvalue weighted by Crippen LogP contribution is -2.36. The predicted octanol–water partition coefficient (Wildman–Crippen LogP) is 2.74. The molecular weight excluding hydrogens is 270 g/mol. The lowest BCUT2D eigenvalue weighted by molar-refractivity contribution is -0.138. The molecule has 114 valence electrons. The Hall–Kier alpha value is -2.04. The minimum atomic E-state index is -1.02. The molecule has 0 aromatic heterocycles. The second kappa shape index (κ2) is 5.39. The number of aromatic carboxylic acids is 1. The van der Waals surface area contributed by atoms with E-state index in [-0.39, 0.29) is 11.0 Å². The van der Waals surface area contributed by atoms with Crippen molar-refractivity contribution in [3.05, 3.63) is 29.3 Å². The number of carbonyl (C=O) groups is 2. The molecule has 21 heavy (non-hydrogen) atoms. The Balaban J connectivity index is 2.49. The van der Waals surface area contributed by atoms with Crippen molar-refractivity contribution < 1.29 is 19.8 Å². The van der Waals surface area contributed by atoms with Gasteiger partial charge in [0.15, 0.2) is 0 Å². The molecule has 0 aliphatic carbocycles. The van der Waals surface area contributed by atoms with Gasteiger partial charge in [0.1, 0.15) is 6.04 Å². The fourth-order valence-electron chi connectivity index (χ4n) is 2.74. The van der Waals surface area contributed by atoms with Gasteiger partial charge in [-0.1, -0.05) is 26.8 Å². The predicted molar refractivity (Wildman–Crippen MR) is 80.1 cm³/mol. The zero-order valence-corrected chi connectivity index (χ0v) is 12.6. The van der Waals surface area contributed by atoms with Crippen molar-refractivity contribution in [1.82, 2.24) is 0 Å². The summed E-state index contributed by atoms with van der Waals surface area (Å²) in [6, 6.07) is 4.66. The summed E-state index contributed by atoms with van der Waals surface area (Å²) in [6.07, 6.45) is 1.31. The van der Waals surface area contributed by atoms with Gasteiger partial charge in [0.25, 0.3) is 0 Å². The number of carboxylic acids is 2. The third-order valence-corrected chi connectivity index (χ3v) is 3.94. The fourth-order valence-corrected chi connectivity index (χ4v) is 2.74. The second-order valence-electron chi connectivity index (χ2n) is 6.48. The van der Waals surface area contributed by atoms with Gasteiger partial charge in [0.05, 0.1) is 11.3 Å². The molecule has 0 amide bonds. The van der Waals surface area contributed by atoms with Gasteiger partial charge < -0.3 is 15.1 Å². The maximum atomic E-state index is 11.6. The van der Waals surface area contributed by atoms with Crippen molar-refractivity contribution in [2.45, 2.75) is 45.1 Å². The van der Waals surface area contributed by atoms with Crippen LogP contribution in [-0.2, 0) is 10.2 Å².